The van der Waals surface area contributed by atoms with Crippen LogP contribution in [0.1, 0.15) is 6.92 Å². The molecule has 0 amide bonds. The van der Waals surface area contributed by atoms with E-state index in [4.69, 9.17) is 0 Å². The van der Waals surface area contributed by atoms with Crippen LogP contribution in [0.2, 0.25) is 0 Å². The number of esters is 1. The molecule has 0 saturated carbocycles. The summed E-state index contributed by atoms with van der Waals surface area (Å²) in [6.07, 6.45) is 0. The second-order valence-electron chi connectivity index (χ2n) is 1.64. The van der Waals surface area contributed by atoms with Crippen molar-refractivity contribution in [2.24, 2.45) is 0 Å². The van der Waals surface area contributed by atoms with Gasteiger partial charge in [0.15, 0.2) is 0 Å². The van der Waals surface area contributed by atoms with Crippen LogP contribution in [-0.2, 0) is 9.53 Å². The lowest BCUT2D eigenvalue weighted by molar-refractivity contribution is -0.142. The number of rotatable bonds is 3. The Balaban J connectivity index is 3.45. The molecule has 0 aliphatic carbocycles. The molecule has 0 radical (unpaired) electrons. The van der Waals surface area contributed by atoms with E-state index >= 15 is 0 Å². The van der Waals surface area contributed by atoms with Crippen molar-refractivity contribution < 1.29 is 9.53 Å². The predicted molar refractivity (Wildman–Crippen MR) is 38.9 cm³/mol. The Morgan fingerprint density at radius 2 is 2.33 bits per heavy atom. The summed E-state index contributed by atoms with van der Waals surface area (Å²) in [5.41, 5.74) is 0. The number of carbonyl (C=O) groups excluding carboxylic acids is 1. The summed E-state index contributed by atoms with van der Waals surface area (Å²) in [5.74, 6) is -0.204. The molecule has 2 unspecified atom stereocenters. The van der Waals surface area contributed by atoms with Gasteiger partial charge in [-0.2, -0.15) is 0 Å². The zero-order valence-corrected chi connectivity index (χ0v) is 6.89. The summed E-state index contributed by atoms with van der Waals surface area (Å²) in [5, 5.41) is 2.95. The smallest absolute Gasteiger partial charge is 0.322 e. The Kier molecular flexibility index (Phi) is 4.64. The van der Waals surface area contributed by atoms with Crippen molar-refractivity contribution in [3.63, 3.8) is 0 Å². The number of nitrogens with one attached hydrogen (secondary N) is 1. The fraction of sp³-hybridized carbons (Fsp3) is 0.800. The lowest BCUT2D eigenvalue weighted by atomic mass is 10.4. The lowest BCUT2D eigenvalue weighted by Crippen LogP contribution is -2.28. The van der Waals surface area contributed by atoms with E-state index in [0.29, 0.717) is 8.73 Å². The van der Waals surface area contributed by atoms with Gasteiger partial charge in [-0.1, -0.05) is 8.73 Å². The van der Waals surface area contributed by atoms with Crippen LogP contribution in [0.5, 0.6) is 0 Å². The maximum absolute atomic E-state index is 10.6. The fourth-order valence-electron chi connectivity index (χ4n) is 0.452. The number of methoxy groups -OCH3 is 1. The van der Waals surface area contributed by atoms with Crippen molar-refractivity contribution in [3.8, 4) is 0 Å². The molecular formula is C5H12NO2P. The third-order valence-electron chi connectivity index (χ3n) is 0.916. The van der Waals surface area contributed by atoms with Crippen molar-refractivity contribution in [3.05, 3.63) is 0 Å². The molecule has 0 rings (SSSR count). The first-order chi connectivity index (χ1) is 4.22. The fourth-order valence-corrected chi connectivity index (χ4v) is 1.00. The Hall–Kier alpha value is -0.140. The molecule has 0 fully saturated rings. The highest BCUT2D eigenvalue weighted by molar-refractivity contribution is 7.34. The minimum absolute atomic E-state index is 0.168. The molecule has 0 aromatic carbocycles. The third-order valence-corrected chi connectivity index (χ3v) is 1.64. The summed E-state index contributed by atoms with van der Waals surface area (Å²) < 4.78 is 4.47. The van der Waals surface area contributed by atoms with Gasteiger partial charge in [-0.15, -0.1) is 0 Å². The summed E-state index contributed by atoms with van der Waals surface area (Å²) in [7, 11) is 1.97. The number of ether oxygens (including phenoxy) is 1. The first-order valence-electron chi connectivity index (χ1n) is 2.72. The Morgan fingerprint density at radius 3 is 2.67 bits per heavy atom. The number of hydrogen-bond donors (Lipinski definition) is 1. The van der Waals surface area contributed by atoms with Crippen molar-refractivity contribution in [1.29, 1.82) is 0 Å². The second-order valence-corrected chi connectivity index (χ2v) is 2.43. The Morgan fingerprint density at radius 1 is 1.78 bits per heavy atom. The first-order valence-corrected chi connectivity index (χ1v) is 4.22. The Bertz CT molecular complexity index is 97.0. The minimum Gasteiger partial charge on any atom is -0.468 e. The van der Waals surface area contributed by atoms with E-state index in [0.717, 1.165) is 0 Å². The quantitative estimate of drug-likeness (QED) is 0.465. The SMILES string of the molecule is COC(=O)C(C)NPC. The normalized spacial score (nSPS) is 14.1. The van der Waals surface area contributed by atoms with Gasteiger partial charge in [-0.3, -0.25) is 9.88 Å². The summed E-state index contributed by atoms with van der Waals surface area (Å²) in [6, 6.07) is -0.168. The van der Waals surface area contributed by atoms with E-state index in [1.165, 1.54) is 7.11 Å². The van der Waals surface area contributed by atoms with E-state index in [1.54, 1.807) is 6.92 Å². The average Bonchev–Trinajstić information content (AvgIpc) is 1.87. The molecule has 4 heteroatoms. The largest absolute Gasteiger partial charge is 0.468 e. The molecule has 0 bridgehead atoms. The van der Waals surface area contributed by atoms with E-state index in [-0.39, 0.29) is 12.0 Å². The minimum atomic E-state index is -0.204. The molecule has 0 aliphatic rings. The van der Waals surface area contributed by atoms with Crippen LogP contribution in [0.15, 0.2) is 0 Å². The van der Waals surface area contributed by atoms with Gasteiger partial charge in [0.2, 0.25) is 0 Å². The van der Waals surface area contributed by atoms with Crippen LogP contribution >= 0.6 is 8.73 Å². The van der Waals surface area contributed by atoms with Gasteiger partial charge >= 0.3 is 5.97 Å². The highest BCUT2D eigenvalue weighted by Crippen LogP contribution is 1.97. The zero-order chi connectivity index (χ0) is 7.28. The maximum atomic E-state index is 10.6. The van der Waals surface area contributed by atoms with E-state index in [2.05, 4.69) is 9.82 Å². The van der Waals surface area contributed by atoms with Crippen LogP contribution in [0, 0.1) is 0 Å². The maximum Gasteiger partial charge on any atom is 0.322 e. The molecule has 0 aliphatic heterocycles. The lowest BCUT2D eigenvalue weighted by Gasteiger charge is -2.07. The van der Waals surface area contributed by atoms with Crippen LogP contribution in [0.3, 0.4) is 0 Å². The molecule has 1 N–H and O–H groups in total. The topological polar surface area (TPSA) is 38.3 Å². The van der Waals surface area contributed by atoms with E-state index in [1.807, 2.05) is 6.66 Å². The summed E-state index contributed by atoms with van der Waals surface area (Å²) in [4.78, 5) is 10.6. The molecule has 3 nitrogen and oxygen atoms in total. The van der Waals surface area contributed by atoms with Gasteiger partial charge in [0.05, 0.1) is 7.11 Å². The van der Waals surface area contributed by atoms with Crippen LogP contribution < -0.4 is 5.09 Å². The molecule has 0 aromatic rings. The highest BCUT2D eigenvalue weighted by atomic mass is 31.1. The Labute approximate surface area is 57.0 Å². The van der Waals surface area contributed by atoms with E-state index < -0.39 is 0 Å². The van der Waals surface area contributed by atoms with Gasteiger partial charge in [-0.05, 0) is 13.6 Å². The van der Waals surface area contributed by atoms with Crippen LogP contribution in [0.4, 0.5) is 0 Å². The monoisotopic (exact) mass is 149 g/mol. The predicted octanol–water partition coefficient (Wildman–Crippen LogP) is 0.361. The van der Waals surface area contributed by atoms with Crippen molar-refractivity contribution in [1.82, 2.24) is 5.09 Å². The third kappa shape index (κ3) is 3.44. The first kappa shape index (κ1) is 8.86. The van der Waals surface area contributed by atoms with Crippen molar-refractivity contribution in [2.75, 3.05) is 13.8 Å². The van der Waals surface area contributed by atoms with Crippen molar-refractivity contribution >= 4 is 14.7 Å². The van der Waals surface area contributed by atoms with Crippen LogP contribution in [0.25, 0.3) is 0 Å². The van der Waals surface area contributed by atoms with Crippen molar-refractivity contribution in [2.45, 2.75) is 13.0 Å². The molecular weight excluding hydrogens is 137 g/mol. The molecule has 0 heterocycles. The number of carbonyl (C=O) groups is 1. The molecule has 9 heavy (non-hydrogen) atoms. The average molecular weight is 149 g/mol. The van der Waals surface area contributed by atoms with Gasteiger partial charge in [-0.25, -0.2) is 0 Å². The van der Waals surface area contributed by atoms with Gasteiger partial charge in [0.1, 0.15) is 6.04 Å². The van der Waals surface area contributed by atoms with Crippen LogP contribution in [-0.4, -0.2) is 25.8 Å². The van der Waals surface area contributed by atoms with Gasteiger partial charge in [0, 0.05) is 0 Å². The molecule has 54 valence electrons. The molecule has 0 aromatic heterocycles. The highest BCUT2D eigenvalue weighted by Gasteiger charge is 2.09. The van der Waals surface area contributed by atoms with Gasteiger partial charge < -0.3 is 4.74 Å². The summed E-state index contributed by atoms with van der Waals surface area (Å²) in [6.45, 7) is 3.75. The standard InChI is InChI=1S/C5H12NO2P/c1-4(6-9-3)5(7)8-2/h4,6,9H,1-3H3. The van der Waals surface area contributed by atoms with E-state index in [9.17, 15) is 4.79 Å². The molecule has 2 atom stereocenters. The zero-order valence-electron chi connectivity index (χ0n) is 5.89. The molecule has 0 spiro atoms. The van der Waals surface area contributed by atoms with Gasteiger partial charge in [0.25, 0.3) is 0 Å². The molecule has 0 saturated heterocycles. The second kappa shape index (κ2) is 4.71. The summed E-state index contributed by atoms with van der Waals surface area (Å²) >= 11 is 0. The number of hydrogen-bond acceptors (Lipinski definition) is 3.